The van der Waals surface area contributed by atoms with Crippen LogP contribution in [0.1, 0.15) is 5.56 Å². The Labute approximate surface area is 92.8 Å². The number of para-hydroxylation sites is 1. The number of ether oxygens (including phenoxy) is 1. The summed E-state index contributed by atoms with van der Waals surface area (Å²) in [4.78, 5) is 0. The van der Waals surface area contributed by atoms with Crippen LogP contribution in [0, 0.1) is 0 Å². The van der Waals surface area contributed by atoms with Crippen LogP contribution >= 0.6 is 11.6 Å². The van der Waals surface area contributed by atoms with E-state index in [-0.39, 0.29) is 5.41 Å². The van der Waals surface area contributed by atoms with Crippen LogP contribution in [0.5, 0.6) is 0 Å². The van der Waals surface area contributed by atoms with Crippen LogP contribution in [0.3, 0.4) is 0 Å². The molecule has 78 valence electrons. The van der Waals surface area contributed by atoms with Crippen LogP contribution in [0.15, 0.2) is 34.9 Å². The van der Waals surface area contributed by atoms with Gasteiger partial charge in [0.2, 0.25) is 0 Å². The van der Waals surface area contributed by atoms with Gasteiger partial charge in [0.1, 0.15) is 5.58 Å². The van der Waals surface area contributed by atoms with Gasteiger partial charge >= 0.3 is 0 Å². The normalized spacial score (nSPS) is 19.0. The SMILES string of the molecule is ClCC1(c2coc3ccccc23)COC1. The fourth-order valence-electron chi connectivity index (χ4n) is 2.04. The molecule has 15 heavy (non-hydrogen) atoms. The van der Waals surface area contributed by atoms with Crippen molar-refractivity contribution in [3.05, 3.63) is 36.1 Å². The predicted molar refractivity (Wildman–Crippen MR) is 59.4 cm³/mol. The Hall–Kier alpha value is -0.990. The Bertz CT molecular complexity index is 480. The Balaban J connectivity index is 2.18. The summed E-state index contributed by atoms with van der Waals surface area (Å²) in [5, 5.41) is 1.15. The van der Waals surface area contributed by atoms with Gasteiger partial charge in [0.15, 0.2) is 0 Å². The summed E-state index contributed by atoms with van der Waals surface area (Å²) in [5.74, 6) is 0.580. The first-order chi connectivity index (χ1) is 7.36. The lowest BCUT2D eigenvalue weighted by Crippen LogP contribution is -2.48. The van der Waals surface area contributed by atoms with Crippen LogP contribution in [0.25, 0.3) is 11.0 Å². The van der Waals surface area contributed by atoms with Gasteiger partial charge in [0.25, 0.3) is 0 Å². The van der Waals surface area contributed by atoms with Gasteiger partial charge < -0.3 is 9.15 Å². The molecule has 0 atom stereocenters. The fraction of sp³-hybridized carbons (Fsp3) is 0.333. The summed E-state index contributed by atoms with van der Waals surface area (Å²) in [5.41, 5.74) is 2.07. The van der Waals surface area contributed by atoms with Crippen LogP contribution in [-0.4, -0.2) is 19.1 Å². The minimum absolute atomic E-state index is 0.0336. The zero-order valence-electron chi connectivity index (χ0n) is 8.20. The van der Waals surface area contributed by atoms with E-state index >= 15 is 0 Å². The first-order valence-electron chi connectivity index (χ1n) is 4.96. The summed E-state index contributed by atoms with van der Waals surface area (Å²) in [7, 11) is 0. The lowest BCUT2D eigenvalue weighted by Gasteiger charge is -2.39. The first kappa shape index (κ1) is 9.25. The molecule has 0 spiro atoms. The molecule has 1 aliphatic heterocycles. The highest BCUT2D eigenvalue weighted by Gasteiger charge is 2.41. The van der Waals surface area contributed by atoms with Crippen LogP contribution in [0.4, 0.5) is 0 Å². The number of rotatable bonds is 2. The molecule has 0 aliphatic carbocycles. The summed E-state index contributed by atoms with van der Waals surface area (Å²) < 4.78 is 10.8. The zero-order valence-corrected chi connectivity index (χ0v) is 8.96. The lowest BCUT2D eigenvalue weighted by atomic mass is 9.80. The molecule has 3 rings (SSSR count). The number of fused-ring (bicyclic) bond motifs is 1. The van der Waals surface area contributed by atoms with E-state index in [0.29, 0.717) is 19.1 Å². The van der Waals surface area contributed by atoms with E-state index in [1.807, 2.05) is 24.5 Å². The highest BCUT2D eigenvalue weighted by Crippen LogP contribution is 2.38. The number of hydrogen-bond acceptors (Lipinski definition) is 2. The molecule has 1 aromatic heterocycles. The van der Waals surface area contributed by atoms with E-state index in [0.717, 1.165) is 11.0 Å². The largest absolute Gasteiger partial charge is 0.464 e. The molecule has 1 fully saturated rings. The zero-order chi connectivity index (χ0) is 10.3. The van der Waals surface area contributed by atoms with Gasteiger partial charge in [-0.2, -0.15) is 0 Å². The number of hydrogen-bond donors (Lipinski definition) is 0. The third kappa shape index (κ3) is 1.22. The number of furan rings is 1. The van der Waals surface area contributed by atoms with E-state index in [2.05, 4.69) is 6.07 Å². The quantitative estimate of drug-likeness (QED) is 0.729. The maximum Gasteiger partial charge on any atom is 0.134 e. The molecule has 2 nitrogen and oxygen atoms in total. The topological polar surface area (TPSA) is 22.4 Å². The number of alkyl halides is 1. The first-order valence-corrected chi connectivity index (χ1v) is 5.50. The molecule has 2 heterocycles. The molecule has 2 aromatic rings. The predicted octanol–water partition coefficient (Wildman–Crippen LogP) is 2.94. The maximum absolute atomic E-state index is 6.03. The lowest BCUT2D eigenvalue weighted by molar-refractivity contribution is -0.0476. The van der Waals surface area contributed by atoms with Gasteiger partial charge in [-0.25, -0.2) is 0 Å². The molecule has 3 heteroatoms. The van der Waals surface area contributed by atoms with Crippen molar-refractivity contribution in [1.82, 2.24) is 0 Å². The van der Waals surface area contributed by atoms with Crippen molar-refractivity contribution < 1.29 is 9.15 Å². The van der Waals surface area contributed by atoms with Gasteiger partial charge in [0, 0.05) is 16.8 Å². The van der Waals surface area contributed by atoms with Gasteiger partial charge in [-0.15, -0.1) is 11.6 Å². The number of halogens is 1. The standard InChI is InChI=1S/C12H11ClO2/c13-6-12(7-14-8-12)10-5-15-11-4-2-1-3-9(10)11/h1-5H,6-8H2. The molecule has 0 radical (unpaired) electrons. The molecule has 0 bridgehead atoms. The van der Waals surface area contributed by atoms with Gasteiger partial charge in [0.05, 0.1) is 24.9 Å². The van der Waals surface area contributed by atoms with Crippen LogP contribution in [-0.2, 0) is 10.2 Å². The van der Waals surface area contributed by atoms with Crippen molar-refractivity contribution >= 4 is 22.6 Å². The van der Waals surface area contributed by atoms with Crippen LogP contribution < -0.4 is 0 Å². The average molecular weight is 223 g/mol. The van der Waals surface area contributed by atoms with Gasteiger partial charge in [-0.1, -0.05) is 18.2 Å². The average Bonchev–Trinajstić information content (AvgIpc) is 2.62. The Morgan fingerprint density at radius 1 is 1.27 bits per heavy atom. The molecule has 1 aliphatic rings. The second kappa shape index (κ2) is 3.26. The fourth-order valence-corrected chi connectivity index (χ4v) is 2.34. The summed E-state index contributed by atoms with van der Waals surface area (Å²) in [6.07, 6.45) is 1.82. The molecule has 0 unspecified atom stereocenters. The van der Waals surface area contributed by atoms with E-state index in [4.69, 9.17) is 20.8 Å². The second-order valence-corrected chi connectivity index (χ2v) is 4.32. The van der Waals surface area contributed by atoms with Crippen molar-refractivity contribution in [3.8, 4) is 0 Å². The molecular weight excluding hydrogens is 212 g/mol. The summed E-state index contributed by atoms with van der Waals surface area (Å²) in [6, 6.07) is 8.03. The molecule has 0 N–H and O–H groups in total. The maximum atomic E-state index is 6.03. The summed E-state index contributed by atoms with van der Waals surface area (Å²) >= 11 is 6.03. The van der Waals surface area contributed by atoms with Gasteiger partial charge in [-0.3, -0.25) is 0 Å². The van der Waals surface area contributed by atoms with Crippen molar-refractivity contribution in [1.29, 1.82) is 0 Å². The van der Waals surface area contributed by atoms with E-state index in [1.165, 1.54) is 5.56 Å². The minimum Gasteiger partial charge on any atom is -0.464 e. The van der Waals surface area contributed by atoms with Crippen molar-refractivity contribution in [2.45, 2.75) is 5.41 Å². The van der Waals surface area contributed by atoms with E-state index < -0.39 is 0 Å². The smallest absolute Gasteiger partial charge is 0.134 e. The van der Waals surface area contributed by atoms with Crippen molar-refractivity contribution in [3.63, 3.8) is 0 Å². The molecule has 0 saturated carbocycles. The van der Waals surface area contributed by atoms with Crippen LogP contribution in [0.2, 0.25) is 0 Å². The summed E-state index contributed by atoms with van der Waals surface area (Å²) in [6.45, 7) is 1.39. The third-order valence-electron chi connectivity index (χ3n) is 3.06. The third-order valence-corrected chi connectivity index (χ3v) is 3.58. The number of benzene rings is 1. The minimum atomic E-state index is -0.0336. The monoisotopic (exact) mass is 222 g/mol. The van der Waals surface area contributed by atoms with Crippen molar-refractivity contribution in [2.75, 3.05) is 19.1 Å². The Kier molecular flexibility index (Phi) is 2.01. The van der Waals surface area contributed by atoms with E-state index in [1.54, 1.807) is 0 Å². The highest BCUT2D eigenvalue weighted by molar-refractivity contribution is 6.19. The Morgan fingerprint density at radius 2 is 2.07 bits per heavy atom. The molecule has 1 aromatic carbocycles. The molecule has 0 amide bonds. The van der Waals surface area contributed by atoms with E-state index in [9.17, 15) is 0 Å². The second-order valence-electron chi connectivity index (χ2n) is 4.05. The van der Waals surface area contributed by atoms with Crippen molar-refractivity contribution in [2.24, 2.45) is 0 Å². The highest BCUT2D eigenvalue weighted by atomic mass is 35.5. The molecule has 1 saturated heterocycles. The Morgan fingerprint density at radius 3 is 2.73 bits per heavy atom. The molecular formula is C12H11ClO2. The van der Waals surface area contributed by atoms with Gasteiger partial charge in [-0.05, 0) is 6.07 Å².